The van der Waals surface area contributed by atoms with Gasteiger partial charge in [-0.25, -0.2) is 9.37 Å². The lowest BCUT2D eigenvalue weighted by atomic mass is 10.2. The Morgan fingerprint density at radius 2 is 1.89 bits per heavy atom. The third-order valence-corrected chi connectivity index (χ3v) is 2.66. The minimum atomic E-state index is -0.239. The van der Waals surface area contributed by atoms with Gasteiger partial charge in [-0.1, -0.05) is 24.3 Å². The smallest absolute Gasteiger partial charge is 0.128 e. The first-order valence-electron chi connectivity index (χ1n) is 5.81. The fourth-order valence-electron chi connectivity index (χ4n) is 1.77. The van der Waals surface area contributed by atoms with Gasteiger partial charge in [0.25, 0.3) is 0 Å². The predicted molar refractivity (Wildman–Crippen MR) is 68.8 cm³/mol. The highest BCUT2D eigenvalue weighted by molar-refractivity contribution is 5.39. The monoisotopic (exact) mass is 246 g/mol. The summed E-state index contributed by atoms with van der Waals surface area (Å²) in [6.45, 7) is 0.820. The Morgan fingerprint density at radius 3 is 2.56 bits per heavy atom. The maximum Gasteiger partial charge on any atom is 0.128 e. The van der Waals surface area contributed by atoms with Crippen molar-refractivity contribution in [3.05, 3.63) is 60.0 Å². The molecule has 0 aliphatic carbocycles. The average Bonchev–Trinajstić information content (AvgIpc) is 2.42. The van der Waals surface area contributed by atoms with Crippen molar-refractivity contribution in [2.24, 2.45) is 0 Å². The van der Waals surface area contributed by atoms with Crippen LogP contribution in [-0.2, 0) is 6.54 Å². The van der Waals surface area contributed by atoms with E-state index in [1.54, 1.807) is 24.4 Å². The summed E-state index contributed by atoms with van der Waals surface area (Å²) in [7, 11) is 0. The lowest BCUT2D eigenvalue weighted by molar-refractivity contribution is 0.301. The van der Waals surface area contributed by atoms with E-state index in [1.165, 1.54) is 6.07 Å². The van der Waals surface area contributed by atoms with Crippen molar-refractivity contribution < 1.29 is 9.50 Å². The van der Waals surface area contributed by atoms with Crippen molar-refractivity contribution >= 4 is 5.82 Å². The molecule has 0 saturated carbocycles. The molecule has 0 unspecified atom stereocenters. The van der Waals surface area contributed by atoms with Gasteiger partial charge in [-0.15, -0.1) is 0 Å². The topological polar surface area (TPSA) is 36.4 Å². The highest BCUT2D eigenvalue weighted by Crippen LogP contribution is 2.15. The summed E-state index contributed by atoms with van der Waals surface area (Å²) >= 11 is 0. The predicted octanol–water partition coefficient (Wildman–Crippen LogP) is 2.22. The van der Waals surface area contributed by atoms with Crippen LogP contribution in [0.1, 0.15) is 5.56 Å². The molecule has 4 heteroatoms. The van der Waals surface area contributed by atoms with Crippen LogP contribution in [0.2, 0.25) is 0 Å². The molecule has 3 nitrogen and oxygen atoms in total. The molecule has 0 amide bonds. The number of halogens is 1. The van der Waals surface area contributed by atoms with Crippen molar-refractivity contribution in [2.75, 3.05) is 18.1 Å². The molecule has 1 heterocycles. The van der Waals surface area contributed by atoms with Gasteiger partial charge in [0.2, 0.25) is 0 Å². The van der Waals surface area contributed by atoms with Gasteiger partial charge in [-0.05, 0) is 18.2 Å². The number of aromatic nitrogens is 1. The Labute approximate surface area is 106 Å². The Kier molecular flexibility index (Phi) is 4.25. The second kappa shape index (κ2) is 6.12. The maximum absolute atomic E-state index is 13.6. The van der Waals surface area contributed by atoms with E-state index in [-0.39, 0.29) is 12.4 Å². The Balaban J connectivity index is 2.19. The molecular formula is C14H15FN2O. The van der Waals surface area contributed by atoms with Gasteiger partial charge in [0, 0.05) is 24.8 Å². The van der Waals surface area contributed by atoms with Crippen LogP contribution >= 0.6 is 0 Å². The molecular weight excluding hydrogens is 231 g/mol. The van der Waals surface area contributed by atoms with E-state index in [2.05, 4.69) is 4.98 Å². The molecule has 0 saturated heterocycles. The minimum absolute atomic E-state index is 0.00499. The molecule has 0 radical (unpaired) electrons. The van der Waals surface area contributed by atoms with Crippen LogP contribution in [-0.4, -0.2) is 23.2 Å². The van der Waals surface area contributed by atoms with Gasteiger partial charge in [0.1, 0.15) is 11.6 Å². The summed E-state index contributed by atoms with van der Waals surface area (Å²) < 4.78 is 13.6. The summed E-state index contributed by atoms with van der Waals surface area (Å²) in [5, 5.41) is 9.08. The number of aliphatic hydroxyl groups is 1. The fourth-order valence-corrected chi connectivity index (χ4v) is 1.77. The Morgan fingerprint density at radius 1 is 1.11 bits per heavy atom. The Hall–Kier alpha value is -1.94. The van der Waals surface area contributed by atoms with E-state index in [0.29, 0.717) is 18.7 Å². The first-order chi connectivity index (χ1) is 8.81. The van der Waals surface area contributed by atoms with Gasteiger partial charge in [-0.3, -0.25) is 0 Å². The number of aliphatic hydroxyl groups excluding tert-OH is 1. The van der Waals surface area contributed by atoms with Crippen molar-refractivity contribution in [2.45, 2.75) is 6.54 Å². The van der Waals surface area contributed by atoms with E-state index in [9.17, 15) is 4.39 Å². The van der Waals surface area contributed by atoms with Crippen LogP contribution in [0.15, 0.2) is 48.7 Å². The third-order valence-electron chi connectivity index (χ3n) is 2.66. The summed E-state index contributed by atoms with van der Waals surface area (Å²) in [6.07, 6.45) is 1.68. The van der Waals surface area contributed by atoms with Gasteiger partial charge < -0.3 is 10.0 Å². The average molecular weight is 246 g/mol. The van der Waals surface area contributed by atoms with Crippen LogP contribution in [0.5, 0.6) is 0 Å². The summed E-state index contributed by atoms with van der Waals surface area (Å²) in [5.74, 6) is 0.492. The number of nitrogens with zero attached hydrogens (tertiary/aromatic N) is 2. The number of anilines is 1. The molecule has 1 aromatic carbocycles. The van der Waals surface area contributed by atoms with Crippen molar-refractivity contribution in [1.29, 1.82) is 0 Å². The maximum atomic E-state index is 13.6. The van der Waals surface area contributed by atoms with Crippen LogP contribution in [0, 0.1) is 5.82 Å². The largest absolute Gasteiger partial charge is 0.395 e. The molecule has 1 aromatic heterocycles. The molecule has 0 spiro atoms. The van der Waals surface area contributed by atoms with Crippen LogP contribution in [0.3, 0.4) is 0 Å². The molecule has 0 fully saturated rings. The second-order valence-electron chi connectivity index (χ2n) is 3.92. The lowest BCUT2D eigenvalue weighted by Crippen LogP contribution is -2.27. The molecule has 94 valence electrons. The fraction of sp³-hybridized carbons (Fsp3) is 0.214. The highest BCUT2D eigenvalue weighted by atomic mass is 19.1. The minimum Gasteiger partial charge on any atom is -0.395 e. The first kappa shape index (κ1) is 12.5. The summed E-state index contributed by atoms with van der Waals surface area (Å²) in [5.41, 5.74) is 0.594. The van der Waals surface area contributed by atoms with Crippen LogP contribution in [0.4, 0.5) is 10.2 Å². The van der Waals surface area contributed by atoms with E-state index in [1.807, 2.05) is 23.1 Å². The number of rotatable bonds is 5. The zero-order chi connectivity index (χ0) is 12.8. The number of hydrogen-bond donors (Lipinski definition) is 1. The van der Waals surface area contributed by atoms with Crippen molar-refractivity contribution in [1.82, 2.24) is 4.98 Å². The molecule has 1 N–H and O–H groups in total. The molecule has 0 bridgehead atoms. The molecule has 2 aromatic rings. The van der Waals surface area contributed by atoms with Gasteiger partial charge in [0.05, 0.1) is 6.61 Å². The Bertz CT molecular complexity index is 490. The van der Waals surface area contributed by atoms with E-state index >= 15 is 0 Å². The standard InChI is InChI=1S/C14H15FN2O/c15-13-6-2-1-5-12(13)11-17(9-10-18)14-7-3-4-8-16-14/h1-8,18H,9-11H2. The second-order valence-corrected chi connectivity index (χ2v) is 3.92. The van der Waals surface area contributed by atoms with E-state index in [4.69, 9.17) is 5.11 Å². The normalized spacial score (nSPS) is 10.3. The zero-order valence-corrected chi connectivity index (χ0v) is 9.96. The van der Waals surface area contributed by atoms with E-state index < -0.39 is 0 Å². The van der Waals surface area contributed by atoms with Crippen molar-refractivity contribution in [3.8, 4) is 0 Å². The molecule has 0 atom stereocenters. The number of pyridine rings is 1. The zero-order valence-electron chi connectivity index (χ0n) is 9.96. The van der Waals surface area contributed by atoms with Crippen LogP contribution < -0.4 is 4.90 Å². The SMILES string of the molecule is OCCN(Cc1ccccc1F)c1ccccn1. The van der Waals surface area contributed by atoms with E-state index in [0.717, 1.165) is 5.82 Å². The van der Waals surface area contributed by atoms with Gasteiger partial charge in [0.15, 0.2) is 0 Å². The van der Waals surface area contributed by atoms with Crippen LogP contribution in [0.25, 0.3) is 0 Å². The highest BCUT2D eigenvalue weighted by Gasteiger charge is 2.10. The number of benzene rings is 1. The number of hydrogen-bond acceptors (Lipinski definition) is 3. The molecule has 18 heavy (non-hydrogen) atoms. The lowest BCUT2D eigenvalue weighted by Gasteiger charge is -2.22. The summed E-state index contributed by atoms with van der Waals surface area (Å²) in [6, 6.07) is 12.2. The molecule has 2 rings (SSSR count). The summed E-state index contributed by atoms with van der Waals surface area (Å²) in [4.78, 5) is 6.06. The van der Waals surface area contributed by atoms with Crippen molar-refractivity contribution in [3.63, 3.8) is 0 Å². The quantitative estimate of drug-likeness (QED) is 0.878. The molecule has 0 aliphatic rings. The van der Waals surface area contributed by atoms with Gasteiger partial charge in [-0.2, -0.15) is 0 Å². The molecule has 0 aliphatic heterocycles. The third kappa shape index (κ3) is 3.05. The van der Waals surface area contributed by atoms with Gasteiger partial charge >= 0.3 is 0 Å². The first-order valence-corrected chi connectivity index (χ1v) is 5.81.